The van der Waals surface area contributed by atoms with Crippen molar-refractivity contribution in [2.75, 3.05) is 27.8 Å². The first-order valence-corrected chi connectivity index (χ1v) is 6.47. The zero-order chi connectivity index (χ0) is 16.9. The highest BCUT2D eigenvalue weighted by atomic mass is 16.6. The van der Waals surface area contributed by atoms with E-state index in [-0.39, 0.29) is 23.5 Å². The fraction of sp³-hybridized carbons (Fsp3) is 0.429. The van der Waals surface area contributed by atoms with Gasteiger partial charge in [-0.15, -0.1) is 0 Å². The Morgan fingerprint density at radius 2 is 2.00 bits per heavy atom. The van der Waals surface area contributed by atoms with Gasteiger partial charge in [-0.1, -0.05) is 6.92 Å². The molecule has 8 nitrogen and oxygen atoms in total. The molecule has 0 unspecified atom stereocenters. The van der Waals surface area contributed by atoms with Crippen LogP contribution in [-0.2, 0) is 9.53 Å². The molecular weight excluding hydrogens is 292 g/mol. The van der Waals surface area contributed by atoms with Gasteiger partial charge in [0.15, 0.2) is 5.75 Å². The largest absolute Gasteiger partial charge is 0.490 e. The normalized spacial score (nSPS) is 11.5. The SMILES string of the molecule is COC(=O)[C@H](C)CN(C)C(=O)c1ccc(OC)c([N+](=O)[O-])c1. The number of nitro groups is 1. The number of hydrogen-bond acceptors (Lipinski definition) is 6. The number of rotatable bonds is 6. The number of amides is 1. The van der Waals surface area contributed by atoms with Crippen LogP contribution in [0.15, 0.2) is 18.2 Å². The van der Waals surface area contributed by atoms with Gasteiger partial charge in [-0.05, 0) is 12.1 Å². The number of methoxy groups -OCH3 is 2. The Morgan fingerprint density at radius 3 is 2.50 bits per heavy atom. The molecule has 0 bridgehead atoms. The van der Waals surface area contributed by atoms with Crippen molar-refractivity contribution in [3.8, 4) is 5.75 Å². The Morgan fingerprint density at radius 1 is 1.36 bits per heavy atom. The summed E-state index contributed by atoms with van der Waals surface area (Å²) in [5.74, 6) is -1.28. The lowest BCUT2D eigenvalue weighted by Gasteiger charge is -2.20. The van der Waals surface area contributed by atoms with E-state index in [1.165, 1.54) is 38.3 Å². The second kappa shape index (κ2) is 7.39. The maximum atomic E-state index is 12.3. The number of hydrogen-bond donors (Lipinski definition) is 0. The van der Waals surface area contributed by atoms with Crippen molar-refractivity contribution in [2.45, 2.75) is 6.92 Å². The molecule has 1 rings (SSSR count). The van der Waals surface area contributed by atoms with E-state index in [9.17, 15) is 19.7 Å². The second-order valence-electron chi connectivity index (χ2n) is 4.75. The molecule has 1 amide bonds. The zero-order valence-electron chi connectivity index (χ0n) is 12.9. The summed E-state index contributed by atoms with van der Waals surface area (Å²) in [6, 6.07) is 3.96. The molecule has 0 aromatic heterocycles. The smallest absolute Gasteiger partial charge is 0.311 e. The third-order valence-electron chi connectivity index (χ3n) is 3.12. The summed E-state index contributed by atoms with van der Waals surface area (Å²) in [5.41, 5.74) is -0.144. The first kappa shape index (κ1) is 17.4. The molecule has 120 valence electrons. The first-order valence-electron chi connectivity index (χ1n) is 6.47. The van der Waals surface area contributed by atoms with Crippen molar-refractivity contribution >= 4 is 17.6 Å². The van der Waals surface area contributed by atoms with Gasteiger partial charge in [-0.2, -0.15) is 0 Å². The molecule has 22 heavy (non-hydrogen) atoms. The van der Waals surface area contributed by atoms with Gasteiger partial charge in [0.25, 0.3) is 5.91 Å². The summed E-state index contributed by atoms with van der Waals surface area (Å²) >= 11 is 0. The summed E-state index contributed by atoms with van der Waals surface area (Å²) in [5, 5.41) is 11.0. The predicted octanol–water partition coefficient (Wildman–Crippen LogP) is 1.48. The van der Waals surface area contributed by atoms with Gasteiger partial charge in [-0.25, -0.2) is 0 Å². The molecule has 0 aliphatic rings. The topological polar surface area (TPSA) is 99.0 Å². The monoisotopic (exact) mass is 310 g/mol. The Kier molecular flexibility index (Phi) is 5.85. The predicted molar refractivity (Wildman–Crippen MR) is 77.8 cm³/mol. The summed E-state index contributed by atoms with van der Waals surface area (Å²) in [6.07, 6.45) is 0. The summed E-state index contributed by atoms with van der Waals surface area (Å²) in [4.78, 5) is 35.3. The molecule has 0 heterocycles. The Balaban J connectivity index is 2.95. The number of benzene rings is 1. The number of carbonyl (C=O) groups excluding carboxylic acids is 2. The van der Waals surface area contributed by atoms with Crippen LogP contribution < -0.4 is 4.74 Å². The maximum Gasteiger partial charge on any atom is 0.311 e. The van der Waals surface area contributed by atoms with Crippen LogP contribution in [0, 0.1) is 16.0 Å². The molecule has 0 radical (unpaired) electrons. The average molecular weight is 310 g/mol. The molecule has 1 atom stereocenters. The first-order chi connectivity index (χ1) is 10.3. The van der Waals surface area contributed by atoms with Gasteiger partial charge in [0.1, 0.15) is 0 Å². The summed E-state index contributed by atoms with van der Waals surface area (Å²) < 4.78 is 9.48. The molecule has 0 aliphatic heterocycles. The van der Waals surface area contributed by atoms with Crippen molar-refractivity contribution in [1.29, 1.82) is 0 Å². The Bertz CT molecular complexity index is 587. The summed E-state index contributed by atoms with van der Waals surface area (Å²) in [6.45, 7) is 1.78. The standard InChI is InChI=1S/C14H18N2O6/c1-9(14(18)22-4)8-15(2)13(17)10-5-6-12(21-3)11(7-10)16(19)20/h5-7,9H,8H2,1-4H3/t9-/m1/s1. The van der Waals surface area contributed by atoms with Crippen molar-refractivity contribution in [2.24, 2.45) is 5.92 Å². The van der Waals surface area contributed by atoms with E-state index in [0.29, 0.717) is 0 Å². The molecule has 0 saturated carbocycles. The lowest BCUT2D eigenvalue weighted by molar-refractivity contribution is -0.385. The van der Waals surface area contributed by atoms with Crippen molar-refractivity contribution in [1.82, 2.24) is 4.90 Å². The van der Waals surface area contributed by atoms with E-state index in [2.05, 4.69) is 4.74 Å². The van der Waals surface area contributed by atoms with E-state index in [1.807, 2.05) is 0 Å². The minimum atomic E-state index is -0.618. The van der Waals surface area contributed by atoms with Crippen LogP contribution in [-0.4, -0.2) is 49.5 Å². The molecular formula is C14H18N2O6. The molecule has 0 N–H and O–H groups in total. The number of ether oxygens (including phenoxy) is 2. The van der Waals surface area contributed by atoms with Crippen LogP contribution >= 0.6 is 0 Å². The van der Waals surface area contributed by atoms with Crippen molar-refractivity contribution < 1.29 is 24.0 Å². The van der Waals surface area contributed by atoms with E-state index in [4.69, 9.17) is 4.74 Å². The van der Waals surface area contributed by atoms with Crippen LogP contribution in [0.4, 0.5) is 5.69 Å². The molecule has 0 saturated heterocycles. The molecule has 0 spiro atoms. The van der Waals surface area contributed by atoms with E-state index in [1.54, 1.807) is 6.92 Å². The van der Waals surface area contributed by atoms with Gasteiger partial charge in [-0.3, -0.25) is 19.7 Å². The lowest BCUT2D eigenvalue weighted by atomic mass is 10.1. The van der Waals surface area contributed by atoms with Gasteiger partial charge in [0.05, 0.1) is 25.1 Å². The van der Waals surface area contributed by atoms with Gasteiger partial charge in [0.2, 0.25) is 0 Å². The van der Waals surface area contributed by atoms with E-state index in [0.717, 1.165) is 6.07 Å². The van der Waals surface area contributed by atoms with Gasteiger partial charge in [0, 0.05) is 25.2 Å². The molecule has 0 fully saturated rings. The van der Waals surface area contributed by atoms with Crippen molar-refractivity contribution in [3.63, 3.8) is 0 Å². The van der Waals surface area contributed by atoms with Crippen LogP contribution in [0.25, 0.3) is 0 Å². The quantitative estimate of drug-likeness (QED) is 0.448. The van der Waals surface area contributed by atoms with E-state index < -0.39 is 22.7 Å². The Labute approximate surface area is 127 Å². The van der Waals surface area contributed by atoms with Crippen LogP contribution in [0.2, 0.25) is 0 Å². The van der Waals surface area contributed by atoms with Gasteiger partial charge < -0.3 is 14.4 Å². The molecule has 1 aromatic carbocycles. The third-order valence-corrected chi connectivity index (χ3v) is 3.12. The second-order valence-corrected chi connectivity index (χ2v) is 4.75. The minimum Gasteiger partial charge on any atom is -0.490 e. The zero-order valence-corrected chi connectivity index (χ0v) is 12.9. The number of carbonyl (C=O) groups is 2. The van der Waals surface area contributed by atoms with E-state index >= 15 is 0 Å². The number of esters is 1. The highest BCUT2D eigenvalue weighted by Gasteiger charge is 2.23. The highest BCUT2D eigenvalue weighted by molar-refractivity contribution is 5.95. The molecule has 1 aromatic rings. The maximum absolute atomic E-state index is 12.3. The van der Waals surface area contributed by atoms with Crippen molar-refractivity contribution in [3.05, 3.63) is 33.9 Å². The number of nitro benzene ring substituents is 1. The third kappa shape index (κ3) is 3.94. The minimum absolute atomic E-state index is 0.0760. The van der Waals surface area contributed by atoms with Crippen LogP contribution in [0.5, 0.6) is 5.75 Å². The average Bonchev–Trinajstić information content (AvgIpc) is 2.52. The van der Waals surface area contributed by atoms with Gasteiger partial charge >= 0.3 is 11.7 Å². The Hall–Kier alpha value is -2.64. The highest BCUT2D eigenvalue weighted by Crippen LogP contribution is 2.27. The fourth-order valence-electron chi connectivity index (χ4n) is 1.96. The molecule has 8 heteroatoms. The van der Waals surface area contributed by atoms with Crippen LogP contribution in [0.3, 0.4) is 0 Å². The van der Waals surface area contributed by atoms with Crippen LogP contribution in [0.1, 0.15) is 17.3 Å². The number of nitrogens with zero attached hydrogens (tertiary/aromatic N) is 2. The fourth-order valence-corrected chi connectivity index (χ4v) is 1.96. The lowest BCUT2D eigenvalue weighted by Crippen LogP contribution is -2.34. The molecule has 0 aliphatic carbocycles. The summed E-state index contributed by atoms with van der Waals surface area (Å²) in [7, 11) is 4.10.